The Morgan fingerprint density at radius 3 is 1.93 bits per heavy atom. The second-order valence-corrected chi connectivity index (χ2v) is 12.9. The molecule has 0 atom stereocenters. The molecule has 2 heteroatoms. The molecule has 0 unspecified atom stereocenters. The lowest BCUT2D eigenvalue weighted by molar-refractivity contribution is 0.661. The number of aromatic nitrogens is 1. The molecule has 1 aliphatic heterocycles. The van der Waals surface area contributed by atoms with Gasteiger partial charge in [-0.3, -0.25) is 0 Å². The van der Waals surface area contributed by atoms with Gasteiger partial charge in [-0.1, -0.05) is 123 Å². The highest BCUT2D eigenvalue weighted by Crippen LogP contribution is 2.54. The Labute approximate surface area is 270 Å². The average Bonchev–Trinajstić information content (AvgIpc) is 3.35. The van der Waals surface area contributed by atoms with Crippen LogP contribution in [0.5, 0.6) is 0 Å². The van der Waals surface area contributed by atoms with Crippen LogP contribution < -0.4 is 4.90 Å². The molecule has 0 N–H and O–H groups in total. The van der Waals surface area contributed by atoms with E-state index in [0.717, 1.165) is 39.3 Å². The number of benzene rings is 6. The highest BCUT2D eigenvalue weighted by Gasteiger charge is 2.38. The fourth-order valence-corrected chi connectivity index (χ4v) is 7.51. The van der Waals surface area contributed by atoms with Crippen molar-refractivity contribution >= 4 is 28.2 Å². The maximum absolute atomic E-state index is 5.10. The van der Waals surface area contributed by atoms with Crippen molar-refractivity contribution in [1.29, 1.82) is 0 Å². The fraction of sp³-hybridized carbons (Fsp3) is 0.0682. The summed E-state index contributed by atoms with van der Waals surface area (Å²) in [4.78, 5) is 7.44. The highest BCUT2D eigenvalue weighted by molar-refractivity contribution is 6.10. The minimum atomic E-state index is -0.0341. The lowest BCUT2D eigenvalue weighted by Crippen LogP contribution is -2.16. The number of fused-ring (bicyclic) bond motifs is 4. The zero-order valence-electron chi connectivity index (χ0n) is 25.9. The quantitative estimate of drug-likeness (QED) is 0.203. The van der Waals surface area contributed by atoms with Crippen LogP contribution in [0.15, 0.2) is 152 Å². The van der Waals surface area contributed by atoms with Gasteiger partial charge in [0.05, 0.1) is 17.1 Å². The summed E-state index contributed by atoms with van der Waals surface area (Å²) in [5.41, 5.74) is 15.6. The molecule has 46 heavy (non-hydrogen) atoms. The number of hydrogen-bond donors (Lipinski definition) is 0. The summed E-state index contributed by atoms with van der Waals surface area (Å²) in [6.07, 6.45) is 4.58. The zero-order chi connectivity index (χ0) is 30.8. The first-order valence-electron chi connectivity index (χ1n) is 16.0. The molecule has 0 spiro atoms. The Kier molecular flexibility index (Phi) is 5.88. The van der Waals surface area contributed by atoms with Gasteiger partial charge < -0.3 is 4.90 Å². The van der Waals surface area contributed by atoms with Crippen LogP contribution in [0.1, 0.15) is 30.5 Å². The number of anilines is 2. The van der Waals surface area contributed by atoms with Crippen LogP contribution in [0.25, 0.3) is 61.6 Å². The fourth-order valence-electron chi connectivity index (χ4n) is 7.51. The van der Waals surface area contributed by atoms with Crippen LogP contribution >= 0.6 is 0 Å². The van der Waals surface area contributed by atoms with Gasteiger partial charge in [0.25, 0.3) is 0 Å². The minimum absolute atomic E-state index is 0.0341. The van der Waals surface area contributed by atoms with Gasteiger partial charge in [-0.05, 0) is 86.8 Å². The monoisotopic (exact) mass is 588 g/mol. The molecule has 0 radical (unpaired) electrons. The van der Waals surface area contributed by atoms with Gasteiger partial charge >= 0.3 is 0 Å². The van der Waals surface area contributed by atoms with Gasteiger partial charge in [-0.15, -0.1) is 0 Å². The summed E-state index contributed by atoms with van der Waals surface area (Å²) in [5.74, 6) is 0. The van der Waals surface area contributed by atoms with Crippen molar-refractivity contribution in [1.82, 2.24) is 4.98 Å². The van der Waals surface area contributed by atoms with E-state index in [4.69, 9.17) is 4.98 Å². The molecule has 0 saturated heterocycles. The normalized spacial score (nSPS) is 13.9. The molecule has 2 aliphatic rings. The summed E-state index contributed by atoms with van der Waals surface area (Å²) in [6.45, 7) is 4.71. The average molecular weight is 589 g/mol. The molecule has 0 amide bonds. The predicted molar refractivity (Wildman–Crippen MR) is 193 cm³/mol. The number of hydrogen-bond acceptors (Lipinski definition) is 2. The molecule has 0 fully saturated rings. The third-order valence-electron chi connectivity index (χ3n) is 9.80. The van der Waals surface area contributed by atoms with E-state index in [1.807, 2.05) is 12.1 Å². The summed E-state index contributed by atoms with van der Waals surface area (Å²) in [6, 6.07) is 52.3. The van der Waals surface area contributed by atoms with E-state index < -0.39 is 0 Å². The molecule has 0 saturated carbocycles. The van der Waals surface area contributed by atoms with Crippen LogP contribution in [0.4, 0.5) is 11.4 Å². The first-order valence-corrected chi connectivity index (χ1v) is 16.0. The number of nitrogens with zero attached hydrogens (tertiary/aromatic N) is 2. The first kappa shape index (κ1) is 26.7. The van der Waals surface area contributed by atoms with Crippen molar-refractivity contribution in [3.63, 3.8) is 0 Å². The molecular formula is C44H32N2. The maximum atomic E-state index is 5.10. The van der Waals surface area contributed by atoms with E-state index in [1.165, 1.54) is 44.3 Å². The molecule has 2 heterocycles. The maximum Gasteiger partial charge on any atom is 0.0715 e. The smallest absolute Gasteiger partial charge is 0.0715 e. The van der Waals surface area contributed by atoms with Crippen LogP contribution in [-0.4, -0.2) is 4.98 Å². The molecule has 0 bridgehead atoms. The van der Waals surface area contributed by atoms with Gasteiger partial charge in [-0.2, -0.15) is 0 Å². The van der Waals surface area contributed by atoms with Crippen molar-refractivity contribution < 1.29 is 0 Å². The van der Waals surface area contributed by atoms with Crippen LogP contribution in [0.2, 0.25) is 0 Å². The molecule has 1 aliphatic carbocycles. The largest absolute Gasteiger partial charge is 0.316 e. The first-order chi connectivity index (χ1) is 22.6. The van der Waals surface area contributed by atoms with Gasteiger partial charge in [0.1, 0.15) is 0 Å². The van der Waals surface area contributed by atoms with Crippen LogP contribution in [0, 0.1) is 0 Å². The van der Waals surface area contributed by atoms with Crippen molar-refractivity contribution in [2.45, 2.75) is 19.3 Å². The SMILES string of the molecule is CC1(C)c2ccccc2-c2c1cc1cccc3c1c2C=CN3c1cccc(-c2cc(-c3ccccc3)nc(-c3ccccc3)c2)c1. The second-order valence-electron chi connectivity index (χ2n) is 12.9. The van der Waals surface area contributed by atoms with Crippen molar-refractivity contribution in [2.24, 2.45) is 0 Å². The molecule has 6 aromatic carbocycles. The van der Waals surface area contributed by atoms with Gasteiger partial charge in [0.2, 0.25) is 0 Å². The van der Waals surface area contributed by atoms with Crippen LogP contribution in [0.3, 0.4) is 0 Å². The molecular weight excluding hydrogens is 556 g/mol. The van der Waals surface area contributed by atoms with Crippen molar-refractivity contribution in [3.8, 4) is 44.8 Å². The highest BCUT2D eigenvalue weighted by atomic mass is 15.1. The second kappa shape index (κ2) is 10.2. The van der Waals surface area contributed by atoms with Gasteiger partial charge in [0, 0.05) is 33.8 Å². The minimum Gasteiger partial charge on any atom is -0.316 e. The van der Waals surface area contributed by atoms with E-state index >= 15 is 0 Å². The van der Waals surface area contributed by atoms with Crippen molar-refractivity contribution in [2.75, 3.05) is 4.90 Å². The number of rotatable bonds is 4. The summed E-state index contributed by atoms with van der Waals surface area (Å²) < 4.78 is 0. The van der Waals surface area contributed by atoms with Crippen molar-refractivity contribution in [3.05, 3.63) is 168 Å². The Morgan fingerprint density at radius 2 is 1.20 bits per heavy atom. The summed E-state index contributed by atoms with van der Waals surface area (Å²) in [7, 11) is 0. The zero-order valence-corrected chi connectivity index (χ0v) is 25.9. The van der Waals surface area contributed by atoms with Crippen LogP contribution in [-0.2, 0) is 5.41 Å². The van der Waals surface area contributed by atoms with E-state index in [-0.39, 0.29) is 5.41 Å². The summed E-state index contributed by atoms with van der Waals surface area (Å²) in [5, 5.41) is 2.59. The van der Waals surface area contributed by atoms with Gasteiger partial charge in [0.15, 0.2) is 0 Å². The van der Waals surface area contributed by atoms with E-state index in [1.54, 1.807) is 0 Å². The predicted octanol–water partition coefficient (Wildman–Crippen LogP) is 11.7. The Morgan fingerprint density at radius 1 is 0.543 bits per heavy atom. The Bertz CT molecular complexity index is 2270. The molecule has 7 aromatic rings. The number of pyridine rings is 1. The lowest BCUT2D eigenvalue weighted by atomic mass is 9.81. The topological polar surface area (TPSA) is 16.1 Å². The van der Waals surface area contributed by atoms with E-state index in [0.29, 0.717) is 0 Å². The Hall–Kier alpha value is -5.73. The van der Waals surface area contributed by atoms with E-state index in [9.17, 15) is 0 Å². The standard InChI is InChI=1S/C44H32N2/c1-44(2)37-21-10-9-20-35(37)43-36-23-24-46(41-22-12-18-32(42(36)41)26-38(43)44)34-19-11-17-31(25-34)33-27-39(29-13-5-3-6-14-29)45-40(28-33)30-15-7-4-8-16-30/h3-28H,1-2H3. The molecule has 9 rings (SSSR count). The third-order valence-corrected chi connectivity index (χ3v) is 9.80. The van der Waals surface area contributed by atoms with Gasteiger partial charge in [-0.25, -0.2) is 4.98 Å². The third kappa shape index (κ3) is 4.07. The molecule has 1 aromatic heterocycles. The summed E-state index contributed by atoms with van der Waals surface area (Å²) >= 11 is 0. The Balaban J connectivity index is 1.19. The molecule has 218 valence electrons. The lowest BCUT2D eigenvalue weighted by Gasteiger charge is -2.29. The molecule has 2 nitrogen and oxygen atoms in total. The van der Waals surface area contributed by atoms with E-state index in [2.05, 4.69) is 164 Å².